The second-order valence-electron chi connectivity index (χ2n) is 6.29. The average molecular weight is 470 g/mol. The van der Waals surface area contributed by atoms with E-state index < -0.39 is 5.91 Å². The summed E-state index contributed by atoms with van der Waals surface area (Å²) in [4.78, 5) is 12.4. The molecule has 0 fully saturated rings. The van der Waals surface area contributed by atoms with Crippen LogP contribution in [0.5, 0.6) is 0 Å². The minimum Gasteiger partial charge on any atom is -0.321 e. The molecular formula is C23H15BrClFN2O. The quantitative estimate of drug-likeness (QED) is 0.348. The Labute approximate surface area is 181 Å². The van der Waals surface area contributed by atoms with E-state index in [-0.39, 0.29) is 11.4 Å². The second-order valence-corrected chi connectivity index (χ2v) is 7.58. The molecule has 3 rings (SSSR count). The monoisotopic (exact) mass is 468 g/mol. The smallest absolute Gasteiger partial charge is 0.266 e. The topological polar surface area (TPSA) is 52.9 Å². The predicted molar refractivity (Wildman–Crippen MR) is 117 cm³/mol. The van der Waals surface area contributed by atoms with Crippen molar-refractivity contribution < 1.29 is 9.18 Å². The number of hydrogen-bond donors (Lipinski definition) is 1. The highest BCUT2D eigenvalue weighted by Gasteiger charge is 2.10. The Morgan fingerprint density at radius 1 is 1.14 bits per heavy atom. The molecule has 29 heavy (non-hydrogen) atoms. The van der Waals surface area contributed by atoms with Crippen LogP contribution in [0.15, 0.2) is 76.8 Å². The van der Waals surface area contributed by atoms with Crippen LogP contribution in [-0.4, -0.2) is 5.91 Å². The van der Waals surface area contributed by atoms with Crippen LogP contribution in [0.2, 0.25) is 5.02 Å². The fourth-order valence-corrected chi connectivity index (χ4v) is 3.37. The Kier molecular flexibility index (Phi) is 6.82. The molecule has 3 aromatic carbocycles. The normalized spacial score (nSPS) is 11.0. The van der Waals surface area contributed by atoms with E-state index in [4.69, 9.17) is 11.6 Å². The van der Waals surface area contributed by atoms with Crippen molar-refractivity contribution in [2.24, 2.45) is 0 Å². The van der Waals surface area contributed by atoms with E-state index in [0.29, 0.717) is 22.7 Å². The Bertz CT molecular complexity index is 1120. The molecule has 3 aromatic rings. The van der Waals surface area contributed by atoms with Gasteiger partial charge in [-0.25, -0.2) is 4.39 Å². The van der Waals surface area contributed by atoms with Crippen molar-refractivity contribution >= 4 is 45.2 Å². The standard InChI is InChI=1S/C23H15BrClFN2O/c24-22-13-16(4-5-17(22)10-15-2-1-3-20(26)12-15)11-18(14-27)23(29)28-21-8-6-19(25)7-9-21/h1-9,11-13H,10H2,(H,28,29)/b18-11+. The zero-order valence-corrected chi connectivity index (χ0v) is 17.5. The summed E-state index contributed by atoms with van der Waals surface area (Å²) in [5.41, 5.74) is 3.05. The first kappa shape index (κ1) is 20.8. The number of hydrogen-bond acceptors (Lipinski definition) is 2. The van der Waals surface area contributed by atoms with Crippen LogP contribution >= 0.6 is 27.5 Å². The highest BCUT2D eigenvalue weighted by Crippen LogP contribution is 2.23. The first-order chi connectivity index (χ1) is 13.9. The lowest BCUT2D eigenvalue weighted by molar-refractivity contribution is -0.112. The first-order valence-corrected chi connectivity index (χ1v) is 9.83. The molecule has 0 unspecified atom stereocenters. The molecule has 144 valence electrons. The van der Waals surface area contributed by atoms with Crippen molar-refractivity contribution in [2.75, 3.05) is 5.32 Å². The Balaban J connectivity index is 1.77. The number of carbonyl (C=O) groups excluding carboxylic acids is 1. The molecule has 3 nitrogen and oxygen atoms in total. The molecule has 1 amide bonds. The number of amides is 1. The second kappa shape index (κ2) is 9.51. The summed E-state index contributed by atoms with van der Waals surface area (Å²) in [6.45, 7) is 0. The van der Waals surface area contributed by atoms with Crippen molar-refractivity contribution in [3.8, 4) is 6.07 Å². The number of halogens is 3. The maximum absolute atomic E-state index is 13.4. The van der Waals surface area contributed by atoms with Crippen molar-refractivity contribution in [1.29, 1.82) is 5.26 Å². The van der Waals surface area contributed by atoms with Crippen LogP contribution in [0.3, 0.4) is 0 Å². The zero-order chi connectivity index (χ0) is 20.8. The molecule has 0 heterocycles. The molecule has 0 radical (unpaired) electrons. The largest absolute Gasteiger partial charge is 0.321 e. The number of carbonyl (C=O) groups is 1. The summed E-state index contributed by atoms with van der Waals surface area (Å²) in [5, 5.41) is 12.6. The van der Waals surface area contributed by atoms with E-state index in [1.54, 1.807) is 30.3 Å². The van der Waals surface area contributed by atoms with Crippen LogP contribution in [-0.2, 0) is 11.2 Å². The molecular weight excluding hydrogens is 455 g/mol. The van der Waals surface area contributed by atoms with Gasteiger partial charge >= 0.3 is 0 Å². The fourth-order valence-electron chi connectivity index (χ4n) is 2.71. The third kappa shape index (κ3) is 5.77. The lowest BCUT2D eigenvalue weighted by atomic mass is 10.0. The van der Waals surface area contributed by atoms with E-state index in [9.17, 15) is 14.4 Å². The van der Waals surface area contributed by atoms with Gasteiger partial charge in [0.1, 0.15) is 17.5 Å². The molecule has 0 spiro atoms. The zero-order valence-electron chi connectivity index (χ0n) is 15.1. The minimum absolute atomic E-state index is 0.0234. The predicted octanol–water partition coefficient (Wildman–Crippen LogP) is 6.38. The summed E-state index contributed by atoms with van der Waals surface area (Å²) >= 11 is 9.35. The van der Waals surface area contributed by atoms with Gasteiger partial charge in [-0.1, -0.05) is 51.8 Å². The SMILES string of the molecule is N#C/C(=C\c1ccc(Cc2cccc(F)c2)c(Br)c1)C(=O)Nc1ccc(Cl)cc1. The summed E-state index contributed by atoms with van der Waals surface area (Å²) in [5.74, 6) is -0.779. The molecule has 0 saturated carbocycles. The lowest BCUT2D eigenvalue weighted by Gasteiger charge is -2.07. The third-order valence-electron chi connectivity index (χ3n) is 4.14. The number of anilines is 1. The van der Waals surface area contributed by atoms with Crippen LogP contribution in [0.25, 0.3) is 6.08 Å². The van der Waals surface area contributed by atoms with Gasteiger partial charge < -0.3 is 5.32 Å². The van der Waals surface area contributed by atoms with Gasteiger partial charge in [0.05, 0.1) is 0 Å². The van der Waals surface area contributed by atoms with E-state index >= 15 is 0 Å². The molecule has 0 atom stereocenters. The molecule has 0 bridgehead atoms. The third-order valence-corrected chi connectivity index (χ3v) is 5.13. The number of nitriles is 1. The molecule has 1 N–H and O–H groups in total. The minimum atomic E-state index is -0.505. The van der Waals surface area contributed by atoms with Gasteiger partial charge in [-0.2, -0.15) is 5.26 Å². The maximum atomic E-state index is 13.4. The number of nitrogens with zero attached hydrogens (tertiary/aromatic N) is 1. The maximum Gasteiger partial charge on any atom is 0.266 e. The Morgan fingerprint density at radius 2 is 1.90 bits per heavy atom. The van der Waals surface area contributed by atoms with E-state index in [1.165, 1.54) is 18.2 Å². The van der Waals surface area contributed by atoms with Gasteiger partial charge in [0.15, 0.2) is 0 Å². The van der Waals surface area contributed by atoms with Crippen molar-refractivity contribution in [3.05, 3.63) is 104 Å². The van der Waals surface area contributed by atoms with E-state index in [2.05, 4.69) is 21.2 Å². The molecule has 0 aromatic heterocycles. The molecule has 0 aliphatic carbocycles. The van der Waals surface area contributed by atoms with Crippen molar-refractivity contribution in [1.82, 2.24) is 0 Å². The van der Waals surface area contributed by atoms with Gasteiger partial charge in [-0.3, -0.25) is 4.79 Å². The van der Waals surface area contributed by atoms with Gasteiger partial charge in [0.2, 0.25) is 0 Å². The van der Waals surface area contributed by atoms with Crippen molar-refractivity contribution in [3.63, 3.8) is 0 Å². The molecule has 0 aliphatic heterocycles. The number of rotatable bonds is 5. The van der Waals surface area contributed by atoms with Gasteiger partial charge in [0, 0.05) is 15.2 Å². The first-order valence-electron chi connectivity index (χ1n) is 8.66. The number of benzene rings is 3. The highest BCUT2D eigenvalue weighted by atomic mass is 79.9. The average Bonchev–Trinajstić information content (AvgIpc) is 2.70. The molecule has 0 saturated heterocycles. The van der Waals surface area contributed by atoms with Crippen LogP contribution in [0, 0.1) is 17.1 Å². The van der Waals surface area contributed by atoms with Crippen molar-refractivity contribution in [2.45, 2.75) is 6.42 Å². The van der Waals surface area contributed by atoms with Crippen LogP contribution in [0.4, 0.5) is 10.1 Å². The fraction of sp³-hybridized carbons (Fsp3) is 0.0435. The molecule has 6 heteroatoms. The van der Waals surface area contributed by atoms with Crippen LogP contribution in [0.1, 0.15) is 16.7 Å². The number of nitrogens with one attached hydrogen (secondary N) is 1. The van der Waals surface area contributed by atoms with Gasteiger partial charge in [0.25, 0.3) is 5.91 Å². The summed E-state index contributed by atoms with van der Waals surface area (Å²) in [7, 11) is 0. The van der Waals surface area contributed by atoms with Gasteiger partial charge in [-0.05, 0) is 71.7 Å². The highest BCUT2D eigenvalue weighted by molar-refractivity contribution is 9.10. The molecule has 0 aliphatic rings. The van der Waals surface area contributed by atoms with E-state index in [1.807, 2.05) is 30.3 Å². The summed E-state index contributed by atoms with van der Waals surface area (Å²) in [6, 6.07) is 20.5. The summed E-state index contributed by atoms with van der Waals surface area (Å²) in [6.07, 6.45) is 2.08. The Morgan fingerprint density at radius 3 is 2.55 bits per heavy atom. The summed E-state index contributed by atoms with van der Waals surface area (Å²) < 4.78 is 14.2. The lowest BCUT2D eigenvalue weighted by Crippen LogP contribution is -2.13. The Hall–Kier alpha value is -2.94. The van der Waals surface area contributed by atoms with E-state index in [0.717, 1.165) is 15.6 Å². The van der Waals surface area contributed by atoms with Gasteiger partial charge in [-0.15, -0.1) is 0 Å². The van der Waals surface area contributed by atoms with Crippen LogP contribution < -0.4 is 5.32 Å².